The fourth-order valence-electron chi connectivity index (χ4n) is 2.41. The molecule has 10 heteroatoms. The Morgan fingerprint density at radius 3 is 2.64 bits per heavy atom. The standard InChI is InChI=1S/C18H19F3N4O3/c1-22-10-15(25-7-5-12(6-8-25)16(26)27)13-3-2-4-14(9-13)24-17(28)23-11-18(19,20)21/h2-7,9-10,22H,8,11H2,1H3,(H,26,27)(H2,23,24,28)/b15-10-. The molecule has 0 bridgehead atoms. The van der Waals surface area contributed by atoms with Gasteiger partial charge in [0.2, 0.25) is 0 Å². The molecule has 2 rings (SSSR count). The van der Waals surface area contributed by atoms with Crippen LogP contribution in [0.2, 0.25) is 0 Å². The number of amides is 2. The number of benzene rings is 1. The Hall–Kier alpha value is -3.43. The third-order valence-corrected chi connectivity index (χ3v) is 3.64. The number of alkyl halides is 3. The SMILES string of the molecule is CN/C=C(/c1cccc(NC(=O)NCC(F)(F)F)c1)N1C=CC(C(=O)O)=CC1. The first-order valence-corrected chi connectivity index (χ1v) is 8.17. The number of nitrogens with one attached hydrogen (secondary N) is 3. The van der Waals surface area contributed by atoms with Crippen LogP contribution in [0, 0.1) is 0 Å². The van der Waals surface area contributed by atoms with E-state index >= 15 is 0 Å². The lowest BCUT2D eigenvalue weighted by molar-refractivity contribution is -0.132. The van der Waals surface area contributed by atoms with Crippen LogP contribution < -0.4 is 16.0 Å². The summed E-state index contributed by atoms with van der Waals surface area (Å²) in [5.41, 5.74) is 1.83. The number of carboxylic acids is 1. The van der Waals surface area contributed by atoms with Gasteiger partial charge in [0.05, 0.1) is 11.3 Å². The van der Waals surface area contributed by atoms with E-state index in [9.17, 15) is 22.8 Å². The molecule has 0 aromatic heterocycles. The number of halogens is 3. The number of anilines is 1. The summed E-state index contributed by atoms with van der Waals surface area (Å²) in [6, 6.07) is 5.57. The van der Waals surface area contributed by atoms with Gasteiger partial charge in [0.25, 0.3) is 0 Å². The number of urea groups is 1. The van der Waals surface area contributed by atoms with Crippen molar-refractivity contribution >= 4 is 23.4 Å². The number of carboxylic acid groups (broad SMARTS) is 1. The largest absolute Gasteiger partial charge is 0.478 e. The van der Waals surface area contributed by atoms with Gasteiger partial charge in [-0.1, -0.05) is 18.2 Å². The van der Waals surface area contributed by atoms with Crippen LogP contribution >= 0.6 is 0 Å². The zero-order valence-corrected chi connectivity index (χ0v) is 14.9. The van der Waals surface area contributed by atoms with Crippen LogP contribution in [0.3, 0.4) is 0 Å². The van der Waals surface area contributed by atoms with E-state index in [1.807, 2.05) is 0 Å². The van der Waals surface area contributed by atoms with Crippen LogP contribution in [0.5, 0.6) is 0 Å². The fourth-order valence-corrected chi connectivity index (χ4v) is 2.41. The minimum absolute atomic E-state index is 0.178. The average Bonchev–Trinajstić information content (AvgIpc) is 2.64. The minimum atomic E-state index is -4.50. The second kappa shape index (κ2) is 8.98. The molecule has 28 heavy (non-hydrogen) atoms. The molecular weight excluding hydrogens is 377 g/mol. The second-order valence-corrected chi connectivity index (χ2v) is 5.75. The highest BCUT2D eigenvalue weighted by Gasteiger charge is 2.27. The number of hydrogen-bond acceptors (Lipinski definition) is 4. The van der Waals surface area contributed by atoms with Gasteiger partial charge >= 0.3 is 18.2 Å². The summed E-state index contributed by atoms with van der Waals surface area (Å²) in [4.78, 5) is 24.4. The summed E-state index contributed by atoms with van der Waals surface area (Å²) in [5, 5.41) is 16.0. The highest BCUT2D eigenvalue weighted by atomic mass is 19.4. The second-order valence-electron chi connectivity index (χ2n) is 5.75. The number of rotatable bonds is 6. The first-order valence-electron chi connectivity index (χ1n) is 8.17. The van der Waals surface area contributed by atoms with Crippen molar-refractivity contribution in [3.63, 3.8) is 0 Å². The van der Waals surface area contributed by atoms with Gasteiger partial charge in [-0.3, -0.25) is 0 Å². The molecule has 0 fully saturated rings. The van der Waals surface area contributed by atoms with Gasteiger partial charge in [-0.05, 0) is 18.2 Å². The molecule has 0 atom stereocenters. The average molecular weight is 396 g/mol. The molecule has 0 unspecified atom stereocenters. The summed E-state index contributed by atoms with van der Waals surface area (Å²) >= 11 is 0. The molecule has 0 aliphatic carbocycles. The van der Waals surface area contributed by atoms with E-state index in [2.05, 4.69) is 10.6 Å². The molecule has 150 valence electrons. The van der Waals surface area contributed by atoms with Crippen LogP contribution in [0.25, 0.3) is 5.70 Å². The molecule has 1 aliphatic heterocycles. The highest BCUT2D eigenvalue weighted by molar-refractivity contribution is 5.91. The monoisotopic (exact) mass is 396 g/mol. The third-order valence-electron chi connectivity index (χ3n) is 3.64. The predicted octanol–water partition coefficient (Wildman–Crippen LogP) is 2.73. The molecule has 2 amide bonds. The molecule has 1 aromatic carbocycles. The van der Waals surface area contributed by atoms with E-state index < -0.39 is 24.7 Å². The molecule has 7 nitrogen and oxygen atoms in total. The molecule has 0 radical (unpaired) electrons. The van der Waals surface area contributed by atoms with Crippen molar-refractivity contribution in [2.24, 2.45) is 0 Å². The molecule has 0 saturated heterocycles. The Bertz CT molecular complexity index is 832. The molecule has 4 N–H and O–H groups in total. The van der Waals surface area contributed by atoms with Gasteiger partial charge in [0, 0.05) is 37.2 Å². The number of nitrogens with zero attached hydrogens (tertiary/aromatic N) is 1. The van der Waals surface area contributed by atoms with E-state index in [-0.39, 0.29) is 5.57 Å². The van der Waals surface area contributed by atoms with Crippen molar-refractivity contribution in [3.8, 4) is 0 Å². The van der Waals surface area contributed by atoms with E-state index in [4.69, 9.17) is 5.11 Å². The van der Waals surface area contributed by atoms with Crippen molar-refractivity contribution in [1.29, 1.82) is 0 Å². The Morgan fingerprint density at radius 2 is 2.07 bits per heavy atom. The van der Waals surface area contributed by atoms with E-state index in [0.717, 1.165) is 0 Å². The first kappa shape index (κ1) is 20.9. The zero-order valence-electron chi connectivity index (χ0n) is 14.9. The molecule has 0 saturated carbocycles. The molecular formula is C18H19F3N4O3. The Balaban J connectivity index is 2.14. The smallest absolute Gasteiger partial charge is 0.405 e. The lowest BCUT2D eigenvalue weighted by Gasteiger charge is -2.25. The topological polar surface area (TPSA) is 93.7 Å². The lowest BCUT2D eigenvalue weighted by atomic mass is 10.1. The van der Waals surface area contributed by atoms with Crippen LogP contribution in [-0.2, 0) is 4.79 Å². The number of carbonyl (C=O) groups excluding carboxylic acids is 1. The first-order chi connectivity index (χ1) is 13.2. The molecule has 1 heterocycles. The van der Waals surface area contributed by atoms with E-state index in [0.29, 0.717) is 23.5 Å². The maximum atomic E-state index is 12.2. The van der Waals surface area contributed by atoms with Crippen molar-refractivity contribution in [3.05, 3.63) is 60.0 Å². The number of aliphatic carboxylic acids is 1. The van der Waals surface area contributed by atoms with Crippen LogP contribution in [-0.4, -0.2) is 48.3 Å². The van der Waals surface area contributed by atoms with Gasteiger partial charge in [-0.2, -0.15) is 13.2 Å². The maximum Gasteiger partial charge on any atom is 0.405 e. The maximum absolute atomic E-state index is 12.2. The van der Waals surface area contributed by atoms with Gasteiger partial charge in [-0.25, -0.2) is 9.59 Å². The van der Waals surface area contributed by atoms with Gasteiger partial charge in [-0.15, -0.1) is 0 Å². The Morgan fingerprint density at radius 1 is 1.32 bits per heavy atom. The zero-order chi connectivity index (χ0) is 20.7. The summed E-state index contributed by atoms with van der Waals surface area (Å²) < 4.78 is 36.5. The summed E-state index contributed by atoms with van der Waals surface area (Å²) in [7, 11) is 1.69. The third kappa shape index (κ3) is 6.08. The van der Waals surface area contributed by atoms with Gasteiger partial charge in [0.15, 0.2) is 0 Å². The van der Waals surface area contributed by atoms with Crippen molar-refractivity contribution in [1.82, 2.24) is 15.5 Å². The molecule has 1 aliphatic rings. The predicted molar refractivity (Wildman–Crippen MR) is 98.1 cm³/mol. The van der Waals surface area contributed by atoms with E-state index in [1.165, 1.54) is 6.08 Å². The van der Waals surface area contributed by atoms with Crippen LogP contribution in [0.15, 0.2) is 54.4 Å². The minimum Gasteiger partial charge on any atom is -0.478 e. The summed E-state index contributed by atoms with van der Waals surface area (Å²) in [5.74, 6) is -1.02. The highest BCUT2D eigenvalue weighted by Crippen LogP contribution is 2.24. The van der Waals surface area contributed by atoms with Crippen LogP contribution in [0.4, 0.5) is 23.7 Å². The number of hydrogen-bond donors (Lipinski definition) is 4. The Kier molecular flexibility index (Phi) is 6.69. The van der Waals surface area contributed by atoms with Crippen molar-refractivity contribution in [2.45, 2.75) is 6.18 Å². The molecule has 0 spiro atoms. The Labute approximate surface area is 159 Å². The summed E-state index contributed by atoms with van der Waals surface area (Å²) in [6.45, 7) is -1.12. The fraction of sp³-hybridized carbons (Fsp3) is 0.222. The lowest BCUT2D eigenvalue weighted by Crippen LogP contribution is -2.36. The van der Waals surface area contributed by atoms with Crippen LogP contribution in [0.1, 0.15) is 5.56 Å². The van der Waals surface area contributed by atoms with E-state index in [1.54, 1.807) is 60.0 Å². The van der Waals surface area contributed by atoms with Crippen molar-refractivity contribution in [2.75, 3.05) is 25.5 Å². The summed E-state index contributed by atoms with van der Waals surface area (Å²) in [6.07, 6.45) is 1.82. The van der Waals surface area contributed by atoms with Gasteiger partial charge in [0.1, 0.15) is 6.54 Å². The van der Waals surface area contributed by atoms with Gasteiger partial charge < -0.3 is 26.0 Å². The van der Waals surface area contributed by atoms with Crippen molar-refractivity contribution < 1.29 is 27.9 Å². The normalized spacial score (nSPS) is 14.4. The number of carbonyl (C=O) groups is 2. The molecule has 1 aromatic rings. The quantitative estimate of drug-likeness (QED) is 0.593.